The number of benzene rings is 4. The first-order valence-electron chi connectivity index (χ1n) is 14.9. The minimum absolute atomic E-state index is 0. The van der Waals surface area contributed by atoms with Gasteiger partial charge in [0.1, 0.15) is 0 Å². The monoisotopic (exact) mass is 924 g/mol. The fourth-order valence-corrected chi connectivity index (χ4v) is 24.8. The number of hydrogen-bond acceptors (Lipinski definition) is 0. The Morgan fingerprint density at radius 1 is 0.682 bits per heavy atom. The van der Waals surface area contributed by atoms with Gasteiger partial charge in [-0.1, -0.05) is 0 Å². The summed E-state index contributed by atoms with van der Waals surface area (Å²) in [6.07, 6.45) is 8.97. The van der Waals surface area contributed by atoms with E-state index >= 15 is 0 Å². The van der Waals surface area contributed by atoms with Gasteiger partial charge in [0, 0.05) is 0 Å². The molecule has 0 heterocycles. The Bertz CT molecular complexity index is 1800. The summed E-state index contributed by atoms with van der Waals surface area (Å²) in [7, 11) is 0. The molecule has 0 aromatic heterocycles. The molecule has 44 heavy (non-hydrogen) atoms. The van der Waals surface area contributed by atoms with Gasteiger partial charge in [0.15, 0.2) is 0 Å². The van der Waals surface area contributed by atoms with E-state index in [9.17, 15) is 0 Å². The normalized spacial score (nSPS) is 14.3. The number of hydrogen-bond donors (Lipinski definition) is 0. The molecule has 0 bridgehead atoms. The molecule has 0 amide bonds. The standard InChI is InChI=1S/C21H25.2C6H4I.C5H5.CH2.2ClH.Zr/c1-20(2,3)16-7-9-18-14(12-16)11-15-13-17(21(4,5)6)8-10-19(15)18;2*7-6-4-2-1-3-5-6;1-2-4-5-3-1;;;;/h7-10,12H,11H2,1-6H3;2*2-5H;1-3H,4H2;1H2;2*1H;. The number of halogens is 4. The van der Waals surface area contributed by atoms with Gasteiger partial charge in [0.2, 0.25) is 0 Å². The van der Waals surface area contributed by atoms with Crippen LogP contribution in [0.2, 0.25) is 0 Å². The maximum absolute atomic E-state index is 5.72. The van der Waals surface area contributed by atoms with Crippen molar-refractivity contribution in [2.45, 2.75) is 65.2 Å². The second kappa shape index (κ2) is 12.6. The van der Waals surface area contributed by atoms with Crippen LogP contribution in [0.1, 0.15) is 70.2 Å². The second-order valence-corrected chi connectivity index (χ2v) is 29.7. The molecule has 4 aromatic rings. The predicted molar refractivity (Wildman–Crippen MR) is 213 cm³/mol. The van der Waals surface area contributed by atoms with Crippen molar-refractivity contribution >= 4 is 84.0 Å². The second-order valence-electron chi connectivity index (χ2n) is 14.4. The first-order chi connectivity index (χ1) is 19.7. The Morgan fingerprint density at radius 2 is 1.23 bits per heavy atom. The quantitative estimate of drug-likeness (QED) is 0.158. The van der Waals surface area contributed by atoms with Crippen LogP contribution >= 0.6 is 70.0 Å². The average molecular weight is 927 g/mol. The van der Waals surface area contributed by atoms with Crippen LogP contribution in [-0.2, 0) is 35.5 Å². The molecule has 0 unspecified atom stereocenters. The van der Waals surface area contributed by atoms with Crippen LogP contribution in [-0.4, -0.2) is 4.21 Å². The molecule has 2 aliphatic rings. The van der Waals surface area contributed by atoms with Gasteiger partial charge >= 0.3 is 284 Å². The van der Waals surface area contributed by atoms with Crippen molar-refractivity contribution < 1.29 is 18.3 Å². The summed E-state index contributed by atoms with van der Waals surface area (Å²) < 4.78 is 14.2. The molecule has 6 rings (SSSR count). The number of rotatable bonds is 4. The maximum atomic E-state index is 5.72. The summed E-state index contributed by atoms with van der Waals surface area (Å²) in [5.41, 5.74) is 8.70. The van der Waals surface area contributed by atoms with Crippen molar-refractivity contribution in [1.29, 1.82) is 0 Å². The molecule has 0 atom stereocenters. The zero-order valence-corrected chi connectivity index (χ0v) is 34.8. The van der Waals surface area contributed by atoms with Crippen LogP contribution in [0, 0.1) is 7.14 Å². The predicted octanol–water partition coefficient (Wildman–Crippen LogP) is 10.1. The van der Waals surface area contributed by atoms with Crippen molar-refractivity contribution in [2.75, 3.05) is 0 Å². The zero-order chi connectivity index (χ0) is 30.1. The first-order valence-corrected chi connectivity index (χ1v) is 23.8. The molecular weight excluding hydrogens is 884 g/mol. The zero-order valence-electron chi connectivity index (χ0n) is 26.4. The molecule has 4 aromatic carbocycles. The Balaban J connectivity index is 0.00000221. The first kappa shape index (κ1) is 36.0. The third kappa shape index (κ3) is 5.67. The average Bonchev–Trinajstić information content (AvgIpc) is 3.60. The van der Waals surface area contributed by atoms with Gasteiger partial charge in [-0.25, -0.2) is 0 Å². The van der Waals surface area contributed by atoms with Crippen molar-refractivity contribution in [1.82, 2.24) is 0 Å². The fraction of sp³-hybridized carbons (Fsp3) is 0.256. The number of fused-ring (bicyclic) bond motifs is 3. The van der Waals surface area contributed by atoms with Crippen LogP contribution in [0.4, 0.5) is 0 Å². The third-order valence-electron chi connectivity index (χ3n) is 9.74. The van der Waals surface area contributed by atoms with Crippen LogP contribution in [0.5, 0.6) is 0 Å². The van der Waals surface area contributed by atoms with Gasteiger partial charge in [-0.15, -0.1) is 24.8 Å². The van der Waals surface area contributed by atoms with Gasteiger partial charge in [-0.2, -0.15) is 0 Å². The number of allylic oxidation sites excluding steroid dienone is 4. The van der Waals surface area contributed by atoms with Gasteiger partial charge in [-0.3, -0.25) is 0 Å². The molecule has 2 aliphatic carbocycles. The molecule has 0 saturated carbocycles. The molecule has 0 spiro atoms. The Labute approximate surface area is 304 Å². The molecule has 0 fully saturated rings. The van der Waals surface area contributed by atoms with Crippen molar-refractivity contribution in [3.05, 3.63) is 130 Å². The van der Waals surface area contributed by atoms with E-state index < -0.39 is 18.3 Å². The van der Waals surface area contributed by atoms with E-state index in [0.717, 1.165) is 12.8 Å². The van der Waals surface area contributed by atoms with Crippen molar-refractivity contribution in [2.24, 2.45) is 0 Å². The van der Waals surface area contributed by atoms with E-state index in [0.29, 0.717) is 0 Å². The molecule has 230 valence electrons. The molecule has 5 heteroatoms. The molecule has 0 N–H and O–H groups in total. The van der Waals surface area contributed by atoms with Crippen LogP contribution in [0.25, 0.3) is 11.1 Å². The Morgan fingerprint density at radius 3 is 1.70 bits per heavy atom. The van der Waals surface area contributed by atoms with E-state index in [4.69, 9.17) is 4.21 Å². The van der Waals surface area contributed by atoms with Crippen LogP contribution < -0.4 is 9.81 Å². The molecular formula is C39H42Cl2I2Zr. The van der Waals surface area contributed by atoms with Crippen LogP contribution in [0.15, 0.2) is 100 Å². The molecule has 0 aliphatic heterocycles. The van der Waals surface area contributed by atoms with Gasteiger partial charge in [-0.05, 0) is 0 Å². The summed E-state index contributed by atoms with van der Waals surface area (Å²) in [6, 6.07) is 31.0. The summed E-state index contributed by atoms with van der Waals surface area (Å²) in [5.74, 6) is 0. The van der Waals surface area contributed by atoms with E-state index in [-0.39, 0.29) is 35.6 Å². The van der Waals surface area contributed by atoms with Gasteiger partial charge in [0.05, 0.1) is 0 Å². The summed E-state index contributed by atoms with van der Waals surface area (Å²) >= 11 is 0.0966. The fourth-order valence-electron chi connectivity index (χ4n) is 7.48. The molecule has 0 saturated heterocycles. The Hall–Kier alpha value is -0.847. The molecule has 0 nitrogen and oxygen atoms in total. The van der Waals surface area contributed by atoms with Crippen molar-refractivity contribution in [3.63, 3.8) is 0 Å². The van der Waals surface area contributed by atoms with E-state index in [1.165, 1.54) is 50.3 Å². The summed E-state index contributed by atoms with van der Waals surface area (Å²) in [5, 5.41) is 0. The van der Waals surface area contributed by atoms with E-state index in [2.05, 4.69) is 184 Å². The van der Waals surface area contributed by atoms with E-state index in [1.807, 2.05) is 0 Å². The Kier molecular flexibility index (Phi) is 10.3. The van der Waals surface area contributed by atoms with Crippen LogP contribution in [0.3, 0.4) is 0 Å². The van der Waals surface area contributed by atoms with Gasteiger partial charge in [0.25, 0.3) is 0 Å². The minimum atomic E-state index is -4.79. The van der Waals surface area contributed by atoms with E-state index in [1.54, 1.807) is 3.27 Å². The summed E-state index contributed by atoms with van der Waals surface area (Å²) in [6.45, 7) is 14.1. The van der Waals surface area contributed by atoms with Gasteiger partial charge < -0.3 is 0 Å². The summed E-state index contributed by atoms with van der Waals surface area (Å²) in [4.78, 5) is 0. The third-order valence-corrected chi connectivity index (χ3v) is 27.6. The topological polar surface area (TPSA) is 0 Å². The SMILES string of the molecule is Cl.Cl.[CH2]=[Zr]([C]1=CC=CC1)([c]1ccc(I)cc1)([c]1ccc(I)cc1)[c]1c(C(C)(C)C)ccc2c1Cc1cc(C(C)(C)C)ccc1-2. The van der Waals surface area contributed by atoms with Crippen molar-refractivity contribution in [3.8, 4) is 11.1 Å². The molecule has 0 radical (unpaired) electrons.